The number of hydrogen-bond acceptors (Lipinski definition) is 3. The zero-order valence-electron chi connectivity index (χ0n) is 8.20. The van der Waals surface area contributed by atoms with Crippen molar-refractivity contribution in [3.8, 4) is 0 Å². The van der Waals surface area contributed by atoms with Gasteiger partial charge in [-0.3, -0.25) is 0 Å². The second kappa shape index (κ2) is 2.83. The third kappa shape index (κ3) is 1.68. The molecule has 0 aromatic carbocycles. The molecule has 0 saturated heterocycles. The highest BCUT2D eigenvalue weighted by Crippen LogP contribution is 2.19. The fourth-order valence-electron chi connectivity index (χ4n) is 1.17. The zero-order chi connectivity index (χ0) is 10.2. The van der Waals surface area contributed by atoms with Gasteiger partial charge in [0, 0.05) is 12.5 Å². The molecule has 13 heavy (non-hydrogen) atoms. The molecule has 1 aromatic rings. The van der Waals surface area contributed by atoms with Crippen molar-refractivity contribution in [3.63, 3.8) is 0 Å². The number of rotatable bonds is 1. The average molecular weight is 183 g/mol. The number of carbonyl (C=O) groups is 1. The summed E-state index contributed by atoms with van der Waals surface area (Å²) < 4.78 is 1.50. The van der Waals surface area contributed by atoms with E-state index in [0.29, 0.717) is 5.82 Å². The van der Waals surface area contributed by atoms with Gasteiger partial charge in [-0.1, -0.05) is 20.8 Å². The maximum atomic E-state index is 10.6. The molecule has 0 saturated carbocycles. The summed E-state index contributed by atoms with van der Waals surface area (Å²) in [4.78, 5) is 10.6. The van der Waals surface area contributed by atoms with E-state index in [9.17, 15) is 4.79 Å². The quantitative estimate of drug-likeness (QED) is 0.699. The molecule has 0 aliphatic carbocycles. The number of carboxylic acid groups (broad SMARTS) is 1. The third-order valence-electron chi connectivity index (χ3n) is 1.74. The van der Waals surface area contributed by atoms with E-state index in [-0.39, 0.29) is 11.2 Å². The molecule has 1 N–H and O–H groups in total. The Morgan fingerprint density at radius 2 is 1.92 bits per heavy atom. The van der Waals surface area contributed by atoms with E-state index in [2.05, 4.69) is 10.2 Å². The lowest BCUT2D eigenvalue weighted by atomic mass is 9.96. The van der Waals surface area contributed by atoms with Gasteiger partial charge in [-0.15, -0.1) is 10.2 Å². The van der Waals surface area contributed by atoms with E-state index in [0.717, 1.165) is 0 Å². The van der Waals surface area contributed by atoms with Gasteiger partial charge < -0.3 is 9.67 Å². The molecule has 1 rings (SSSR count). The van der Waals surface area contributed by atoms with Crippen LogP contribution in [-0.2, 0) is 12.5 Å². The Bertz CT molecular complexity index is 336. The summed E-state index contributed by atoms with van der Waals surface area (Å²) in [6, 6.07) is 0. The minimum Gasteiger partial charge on any atom is -0.475 e. The number of carboxylic acids is 1. The van der Waals surface area contributed by atoms with Gasteiger partial charge in [0.25, 0.3) is 0 Å². The maximum Gasteiger partial charge on any atom is 0.374 e. The Kier molecular flexibility index (Phi) is 2.11. The molecular formula is C8H13N3O2. The first-order valence-electron chi connectivity index (χ1n) is 3.97. The molecule has 0 aliphatic rings. The lowest BCUT2D eigenvalue weighted by molar-refractivity contribution is 0.0679. The monoisotopic (exact) mass is 183 g/mol. The van der Waals surface area contributed by atoms with E-state index in [1.165, 1.54) is 4.57 Å². The summed E-state index contributed by atoms with van der Waals surface area (Å²) in [6.45, 7) is 5.88. The molecule has 72 valence electrons. The van der Waals surface area contributed by atoms with Gasteiger partial charge in [-0.05, 0) is 0 Å². The SMILES string of the molecule is Cn1c(C(=O)O)nnc1C(C)(C)C. The van der Waals surface area contributed by atoms with Gasteiger partial charge in [0.05, 0.1) is 0 Å². The van der Waals surface area contributed by atoms with Crippen LogP contribution in [0.4, 0.5) is 0 Å². The van der Waals surface area contributed by atoms with Gasteiger partial charge >= 0.3 is 5.97 Å². The zero-order valence-corrected chi connectivity index (χ0v) is 8.20. The Hall–Kier alpha value is -1.39. The van der Waals surface area contributed by atoms with Gasteiger partial charge in [0.15, 0.2) is 0 Å². The summed E-state index contributed by atoms with van der Waals surface area (Å²) in [6.07, 6.45) is 0. The minimum atomic E-state index is -1.05. The van der Waals surface area contributed by atoms with Crippen molar-refractivity contribution in [2.45, 2.75) is 26.2 Å². The molecule has 0 atom stereocenters. The fourth-order valence-corrected chi connectivity index (χ4v) is 1.17. The highest BCUT2D eigenvalue weighted by atomic mass is 16.4. The molecular weight excluding hydrogens is 170 g/mol. The number of hydrogen-bond donors (Lipinski definition) is 1. The van der Waals surface area contributed by atoms with Crippen LogP contribution in [-0.4, -0.2) is 25.8 Å². The number of nitrogens with zero attached hydrogens (tertiary/aromatic N) is 3. The van der Waals surface area contributed by atoms with Crippen molar-refractivity contribution in [1.29, 1.82) is 0 Å². The average Bonchev–Trinajstić information content (AvgIpc) is 2.28. The Labute approximate surface area is 76.4 Å². The topological polar surface area (TPSA) is 68.0 Å². The van der Waals surface area contributed by atoms with Crippen molar-refractivity contribution in [2.24, 2.45) is 7.05 Å². The second-order valence-electron chi connectivity index (χ2n) is 3.96. The molecule has 1 heterocycles. The van der Waals surface area contributed by atoms with Crippen molar-refractivity contribution in [1.82, 2.24) is 14.8 Å². The molecule has 0 spiro atoms. The predicted molar refractivity (Wildman–Crippen MR) is 46.7 cm³/mol. The second-order valence-corrected chi connectivity index (χ2v) is 3.96. The number of aromatic nitrogens is 3. The fraction of sp³-hybridized carbons (Fsp3) is 0.625. The minimum absolute atomic E-state index is 0.0232. The van der Waals surface area contributed by atoms with Gasteiger partial charge in [0.1, 0.15) is 5.82 Å². The van der Waals surface area contributed by atoms with Gasteiger partial charge in [0.2, 0.25) is 5.82 Å². The maximum absolute atomic E-state index is 10.6. The first kappa shape index (κ1) is 9.70. The van der Waals surface area contributed by atoms with Crippen LogP contribution in [0.15, 0.2) is 0 Å². The summed E-state index contributed by atoms with van der Waals surface area (Å²) >= 11 is 0. The summed E-state index contributed by atoms with van der Waals surface area (Å²) in [5, 5.41) is 16.2. The van der Waals surface area contributed by atoms with Gasteiger partial charge in [-0.2, -0.15) is 0 Å². The molecule has 5 heteroatoms. The highest BCUT2D eigenvalue weighted by Gasteiger charge is 2.24. The Morgan fingerprint density at radius 1 is 1.38 bits per heavy atom. The van der Waals surface area contributed by atoms with Crippen molar-refractivity contribution in [2.75, 3.05) is 0 Å². The summed E-state index contributed by atoms with van der Waals surface area (Å²) in [5.41, 5.74) is -0.185. The lowest BCUT2D eigenvalue weighted by Crippen LogP contribution is -2.19. The first-order chi connectivity index (χ1) is 5.84. The molecule has 1 aromatic heterocycles. The lowest BCUT2D eigenvalue weighted by Gasteiger charge is -2.16. The van der Waals surface area contributed by atoms with Crippen LogP contribution in [0.1, 0.15) is 37.2 Å². The first-order valence-corrected chi connectivity index (χ1v) is 3.97. The van der Waals surface area contributed by atoms with E-state index >= 15 is 0 Å². The molecule has 0 bridgehead atoms. The Balaban J connectivity index is 3.22. The van der Waals surface area contributed by atoms with Crippen LogP contribution in [0, 0.1) is 0 Å². The van der Waals surface area contributed by atoms with Crippen LogP contribution in [0.5, 0.6) is 0 Å². The molecule has 0 unspecified atom stereocenters. The summed E-state index contributed by atoms with van der Waals surface area (Å²) in [5.74, 6) is -0.402. The van der Waals surface area contributed by atoms with E-state index in [1.807, 2.05) is 20.8 Å². The van der Waals surface area contributed by atoms with Crippen molar-refractivity contribution < 1.29 is 9.90 Å². The van der Waals surface area contributed by atoms with Crippen molar-refractivity contribution >= 4 is 5.97 Å². The molecule has 0 fully saturated rings. The molecule has 0 amide bonds. The van der Waals surface area contributed by atoms with Gasteiger partial charge in [-0.25, -0.2) is 4.79 Å². The molecule has 0 aliphatic heterocycles. The van der Waals surface area contributed by atoms with E-state index < -0.39 is 5.97 Å². The van der Waals surface area contributed by atoms with E-state index in [4.69, 9.17) is 5.11 Å². The summed E-state index contributed by atoms with van der Waals surface area (Å²) in [7, 11) is 1.66. The van der Waals surface area contributed by atoms with Crippen LogP contribution in [0.25, 0.3) is 0 Å². The smallest absolute Gasteiger partial charge is 0.374 e. The van der Waals surface area contributed by atoms with Crippen LogP contribution in [0.3, 0.4) is 0 Å². The molecule has 5 nitrogen and oxygen atoms in total. The largest absolute Gasteiger partial charge is 0.475 e. The van der Waals surface area contributed by atoms with Crippen LogP contribution < -0.4 is 0 Å². The molecule has 0 radical (unpaired) electrons. The predicted octanol–water partition coefficient (Wildman–Crippen LogP) is 0.811. The standard InChI is InChI=1S/C8H13N3O2/c1-8(2,3)7-10-9-5(6(12)13)11(7)4/h1-4H3,(H,12,13). The number of aromatic carboxylic acids is 1. The highest BCUT2D eigenvalue weighted by molar-refractivity contribution is 5.83. The normalized spacial score (nSPS) is 11.7. The third-order valence-corrected chi connectivity index (χ3v) is 1.74. The van der Waals surface area contributed by atoms with Crippen LogP contribution in [0.2, 0.25) is 0 Å². The van der Waals surface area contributed by atoms with E-state index in [1.54, 1.807) is 7.05 Å². The van der Waals surface area contributed by atoms with Crippen LogP contribution >= 0.6 is 0 Å². The Morgan fingerprint density at radius 3 is 2.15 bits per heavy atom. The van der Waals surface area contributed by atoms with Crippen molar-refractivity contribution in [3.05, 3.63) is 11.6 Å².